The van der Waals surface area contributed by atoms with E-state index in [0.717, 1.165) is 29.0 Å². The number of ketones is 1. The first kappa shape index (κ1) is 42.5. The molecule has 3 N–H and O–H groups in total. The molecule has 6 aromatic heterocycles. The van der Waals surface area contributed by atoms with Gasteiger partial charge in [-0.2, -0.15) is 8.78 Å². The molecular weight excluding hydrogens is 791 g/mol. The molecule has 0 saturated heterocycles. The summed E-state index contributed by atoms with van der Waals surface area (Å²) in [5, 5.41) is 8.60. The number of aromatic nitrogens is 8. The molecule has 0 aliphatic rings. The predicted octanol–water partition coefficient (Wildman–Crippen LogP) is 8.01. The van der Waals surface area contributed by atoms with Crippen LogP contribution in [0.1, 0.15) is 16.8 Å². The summed E-state index contributed by atoms with van der Waals surface area (Å²) in [5.41, 5.74) is 11.4. The smallest absolute Gasteiger partial charge is 0.307 e. The Morgan fingerprint density at radius 3 is 1.44 bits per heavy atom. The Bertz CT molecular complexity index is 2730. The van der Waals surface area contributed by atoms with Crippen molar-refractivity contribution in [2.45, 2.75) is 19.3 Å². The van der Waals surface area contributed by atoms with Gasteiger partial charge < -0.3 is 10.8 Å². The summed E-state index contributed by atoms with van der Waals surface area (Å²) in [5.74, 6) is -3.08. The number of carbonyl (C=O) groups excluding carboxylic acids is 1. The number of carbonyl (C=O) groups is 2. The van der Waals surface area contributed by atoms with Gasteiger partial charge in [0.2, 0.25) is 11.9 Å². The van der Waals surface area contributed by atoms with E-state index < -0.39 is 29.5 Å². The molecule has 12 nitrogen and oxygen atoms in total. The average molecular weight is 824 g/mol. The standard InChI is InChI=1S/C23H16F2N4O.C13H9F2NO2.C9H8N4/c24-21-10-15(1-4-20(21)16-5-6-28-23(25)11-16)9-19(30)12-18-3-2-17(13-29-18)22-14-26-7-8-27-22;14-11-5-8(6-13(17)18)1-2-10(11)9-3-4-16-12(15)7-9;10-9-2-1-7(5-13-9)8-6-11-3-4-12-8/h1-8,10-11,13-14H,9,12H2;1-5,7H,6H2,(H,17,18);1-6H,(H2,10,13). The van der Waals surface area contributed by atoms with Crippen molar-refractivity contribution in [1.29, 1.82) is 0 Å². The fraction of sp³-hybridized carbons (Fsp3) is 0.0667. The Labute approximate surface area is 346 Å². The van der Waals surface area contributed by atoms with E-state index >= 15 is 0 Å². The van der Waals surface area contributed by atoms with Gasteiger partial charge in [-0.15, -0.1) is 0 Å². The van der Waals surface area contributed by atoms with Crippen LogP contribution >= 0.6 is 0 Å². The number of hydrogen-bond donors (Lipinski definition) is 2. The fourth-order valence-electron chi connectivity index (χ4n) is 5.75. The molecule has 0 atom stereocenters. The van der Waals surface area contributed by atoms with Crippen LogP contribution in [-0.2, 0) is 28.9 Å². The predicted molar refractivity (Wildman–Crippen MR) is 218 cm³/mol. The SMILES string of the molecule is Nc1ccc(-c2cnccn2)cn1.O=C(Cc1ccc(-c2ccnc(F)c2)c(F)c1)Cc1ccc(-c2cnccn2)cn1.O=C(O)Cc1ccc(-c2ccnc(F)c2)c(F)c1. The average Bonchev–Trinajstić information content (AvgIpc) is 3.25. The Morgan fingerprint density at radius 2 is 1.02 bits per heavy atom. The van der Waals surface area contributed by atoms with Crippen molar-refractivity contribution >= 4 is 17.6 Å². The second-order valence-corrected chi connectivity index (χ2v) is 13.0. The Kier molecular flexibility index (Phi) is 14.3. The molecule has 6 heterocycles. The lowest BCUT2D eigenvalue weighted by Gasteiger charge is -2.07. The maximum Gasteiger partial charge on any atom is 0.307 e. The topological polar surface area (TPSA) is 184 Å². The van der Waals surface area contributed by atoms with Crippen LogP contribution in [0, 0.1) is 23.5 Å². The van der Waals surface area contributed by atoms with Gasteiger partial charge in [0, 0.05) is 102 Å². The molecule has 0 aliphatic heterocycles. The molecule has 61 heavy (non-hydrogen) atoms. The molecule has 0 unspecified atom stereocenters. The van der Waals surface area contributed by atoms with E-state index in [1.165, 1.54) is 48.8 Å². The van der Waals surface area contributed by atoms with Gasteiger partial charge in [-0.1, -0.05) is 24.3 Å². The molecule has 0 aliphatic carbocycles. The van der Waals surface area contributed by atoms with Crippen LogP contribution < -0.4 is 5.73 Å². The molecular formula is C45H33F4N9O3. The van der Waals surface area contributed by atoms with E-state index in [9.17, 15) is 27.2 Å². The Hall–Kier alpha value is -8.14. The molecule has 2 aromatic carbocycles. The molecule has 0 fully saturated rings. The third-order valence-corrected chi connectivity index (χ3v) is 8.61. The summed E-state index contributed by atoms with van der Waals surface area (Å²) in [6.07, 6.45) is 15.6. The van der Waals surface area contributed by atoms with E-state index in [1.807, 2.05) is 12.1 Å². The highest BCUT2D eigenvalue weighted by atomic mass is 19.1. The number of carboxylic acids is 1. The molecule has 0 spiro atoms. The lowest BCUT2D eigenvalue weighted by molar-refractivity contribution is -0.136. The molecule has 16 heteroatoms. The van der Waals surface area contributed by atoms with Crippen molar-refractivity contribution in [2.24, 2.45) is 0 Å². The van der Waals surface area contributed by atoms with E-state index in [4.69, 9.17) is 10.8 Å². The molecule has 0 saturated carbocycles. The summed E-state index contributed by atoms with van der Waals surface area (Å²) >= 11 is 0. The van der Waals surface area contributed by atoms with Crippen LogP contribution in [0.4, 0.5) is 23.4 Å². The number of anilines is 1. The highest BCUT2D eigenvalue weighted by molar-refractivity contribution is 5.83. The number of halogens is 4. The number of nitrogen functional groups attached to an aromatic ring is 1. The minimum atomic E-state index is -1.03. The third-order valence-electron chi connectivity index (χ3n) is 8.61. The Morgan fingerprint density at radius 1 is 0.492 bits per heavy atom. The second kappa shape index (κ2) is 20.5. The van der Waals surface area contributed by atoms with Gasteiger partial charge in [-0.3, -0.25) is 34.5 Å². The zero-order chi connectivity index (χ0) is 43.1. The molecule has 8 aromatic rings. The maximum absolute atomic E-state index is 14.5. The van der Waals surface area contributed by atoms with Crippen molar-refractivity contribution in [1.82, 2.24) is 39.9 Å². The summed E-state index contributed by atoms with van der Waals surface area (Å²) in [4.78, 5) is 54.4. The van der Waals surface area contributed by atoms with Gasteiger partial charge in [0.05, 0.1) is 30.2 Å². The first-order chi connectivity index (χ1) is 29.5. The summed E-state index contributed by atoms with van der Waals surface area (Å²) in [6.45, 7) is 0. The van der Waals surface area contributed by atoms with Crippen LogP contribution in [0.3, 0.4) is 0 Å². The third kappa shape index (κ3) is 12.4. The maximum atomic E-state index is 14.5. The van der Waals surface area contributed by atoms with E-state index in [1.54, 1.807) is 73.8 Å². The van der Waals surface area contributed by atoms with E-state index in [-0.39, 0.29) is 36.2 Å². The normalized spacial score (nSPS) is 10.4. The Balaban J connectivity index is 0.000000170. The number of pyridine rings is 4. The highest BCUT2D eigenvalue weighted by Gasteiger charge is 2.12. The first-order valence-electron chi connectivity index (χ1n) is 18.2. The number of rotatable bonds is 10. The molecule has 8 rings (SSSR count). The number of nitrogens with two attached hydrogens (primary N) is 1. The monoisotopic (exact) mass is 823 g/mol. The molecule has 0 radical (unpaired) electrons. The van der Waals surface area contributed by atoms with Crippen LogP contribution in [0.15, 0.2) is 147 Å². The van der Waals surface area contributed by atoms with Gasteiger partial charge in [0.15, 0.2) is 0 Å². The van der Waals surface area contributed by atoms with Crippen LogP contribution in [0.25, 0.3) is 44.8 Å². The van der Waals surface area contributed by atoms with Gasteiger partial charge in [0.25, 0.3) is 0 Å². The number of aliphatic carboxylic acids is 1. The van der Waals surface area contributed by atoms with E-state index in [0.29, 0.717) is 39.5 Å². The lowest BCUT2D eigenvalue weighted by Crippen LogP contribution is -2.08. The lowest BCUT2D eigenvalue weighted by atomic mass is 10.0. The van der Waals surface area contributed by atoms with Crippen molar-refractivity contribution in [2.75, 3.05) is 5.73 Å². The summed E-state index contributed by atoms with van der Waals surface area (Å²) < 4.78 is 54.5. The van der Waals surface area contributed by atoms with Gasteiger partial charge in [-0.25, -0.2) is 23.7 Å². The van der Waals surface area contributed by atoms with Crippen molar-refractivity contribution in [3.63, 3.8) is 0 Å². The minimum absolute atomic E-state index is 0.0789. The molecule has 0 amide bonds. The van der Waals surface area contributed by atoms with Gasteiger partial charge in [0.1, 0.15) is 23.2 Å². The molecule has 304 valence electrons. The quantitative estimate of drug-likeness (QED) is 0.100. The van der Waals surface area contributed by atoms with Crippen molar-refractivity contribution in [3.8, 4) is 44.8 Å². The van der Waals surface area contributed by atoms with Crippen molar-refractivity contribution < 1.29 is 32.3 Å². The number of carboxylic acid groups (broad SMARTS) is 1. The zero-order valence-corrected chi connectivity index (χ0v) is 31.9. The van der Waals surface area contributed by atoms with Crippen LogP contribution in [0.5, 0.6) is 0 Å². The zero-order valence-electron chi connectivity index (χ0n) is 31.9. The van der Waals surface area contributed by atoms with Crippen LogP contribution in [-0.4, -0.2) is 56.7 Å². The summed E-state index contributed by atoms with van der Waals surface area (Å²) in [6, 6.07) is 21.1. The largest absolute Gasteiger partial charge is 0.481 e. The molecule has 0 bridgehead atoms. The fourth-order valence-corrected chi connectivity index (χ4v) is 5.75. The van der Waals surface area contributed by atoms with Crippen LogP contribution in [0.2, 0.25) is 0 Å². The number of benzene rings is 2. The minimum Gasteiger partial charge on any atom is -0.481 e. The second-order valence-electron chi connectivity index (χ2n) is 13.0. The number of hydrogen-bond acceptors (Lipinski definition) is 11. The first-order valence-corrected chi connectivity index (χ1v) is 18.2. The number of Topliss-reactive ketones (excluding diaryl/α,β-unsaturated/α-hetero) is 1. The summed E-state index contributed by atoms with van der Waals surface area (Å²) in [7, 11) is 0. The van der Waals surface area contributed by atoms with Crippen molar-refractivity contribution in [3.05, 3.63) is 187 Å². The number of nitrogens with zero attached hydrogens (tertiary/aromatic N) is 8. The van der Waals surface area contributed by atoms with Gasteiger partial charge >= 0.3 is 5.97 Å². The highest BCUT2D eigenvalue weighted by Crippen LogP contribution is 2.25. The van der Waals surface area contributed by atoms with E-state index in [2.05, 4.69) is 39.9 Å². The van der Waals surface area contributed by atoms with Gasteiger partial charge in [-0.05, 0) is 70.8 Å².